The van der Waals surface area contributed by atoms with Crippen molar-refractivity contribution in [1.29, 1.82) is 0 Å². The summed E-state index contributed by atoms with van der Waals surface area (Å²) in [6.07, 6.45) is 4.75. The van der Waals surface area contributed by atoms with Crippen LogP contribution in [0.5, 0.6) is 17.8 Å². The molecule has 3 aliphatic rings. The summed E-state index contributed by atoms with van der Waals surface area (Å²) in [6, 6.07) is 2.87. The summed E-state index contributed by atoms with van der Waals surface area (Å²) in [5.41, 5.74) is 0.506. The molecule has 3 fully saturated rings. The van der Waals surface area contributed by atoms with Crippen molar-refractivity contribution in [2.45, 2.75) is 109 Å². The minimum Gasteiger partial charge on any atom is -0.460 e. The maximum Gasteiger partial charge on any atom is 0.414 e. The van der Waals surface area contributed by atoms with E-state index in [1.54, 1.807) is 20.8 Å². The molecule has 3 aliphatic carbocycles. The van der Waals surface area contributed by atoms with Gasteiger partial charge in [0.05, 0.1) is 35.4 Å². The van der Waals surface area contributed by atoms with Gasteiger partial charge >= 0.3 is 24.2 Å². The second-order valence-electron chi connectivity index (χ2n) is 15.9. The van der Waals surface area contributed by atoms with E-state index in [1.165, 1.54) is 36.5 Å². The third-order valence-electron chi connectivity index (χ3n) is 9.61. The number of ether oxygens (including phenoxy) is 4. The number of aliphatic hydroxyl groups is 1. The number of amides is 2. The van der Waals surface area contributed by atoms with Gasteiger partial charge in [0.15, 0.2) is 5.75 Å². The SMILES string of the molecule is CN(C(=O)OC(C)(C)C)c1cc(F)cc2c1[nH]c1nc(Oc3cnc(OC4CC(O)C4)nc3)nc(C3C[C@@H]4C[C@H]3C[C@@H]4NC(=O)OC(C)(C)C)c12. The van der Waals surface area contributed by atoms with E-state index in [2.05, 4.69) is 20.3 Å². The van der Waals surface area contributed by atoms with Crippen LogP contribution in [0.25, 0.3) is 21.9 Å². The molecular formula is C36H44FN7O7. The van der Waals surface area contributed by atoms with Crippen LogP contribution in [0.15, 0.2) is 24.5 Å². The van der Waals surface area contributed by atoms with Crippen molar-refractivity contribution in [3.8, 4) is 17.8 Å². The molecule has 2 amide bonds. The highest BCUT2D eigenvalue weighted by atomic mass is 19.1. The van der Waals surface area contributed by atoms with Crippen molar-refractivity contribution in [2.75, 3.05) is 11.9 Å². The Morgan fingerprint density at radius 2 is 1.65 bits per heavy atom. The predicted octanol–water partition coefficient (Wildman–Crippen LogP) is 6.51. The van der Waals surface area contributed by atoms with Crippen molar-refractivity contribution in [1.82, 2.24) is 30.2 Å². The Morgan fingerprint density at radius 3 is 2.27 bits per heavy atom. The Hall–Kier alpha value is -4.79. The number of aliphatic hydroxyl groups excluding tert-OH is 1. The Morgan fingerprint density at radius 1 is 0.941 bits per heavy atom. The first kappa shape index (κ1) is 34.6. The van der Waals surface area contributed by atoms with Gasteiger partial charge in [-0.1, -0.05) is 0 Å². The van der Waals surface area contributed by atoms with Crippen LogP contribution < -0.4 is 19.7 Å². The van der Waals surface area contributed by atoms with Gasteiger partial charge in [0.25, 0.3) is 0 Å². The summed E-state index contributed by atoms with van der Waals surface area (Å²) in [7, 11) is 1.53. The fourth-order valence-electron chi connectivity index (χ4n) is 7.41. The maximum atomic E-state index is 15.4. The van der Waals surface area contributed by atoms with Gasteiger partial charge in [0, 0.05) is 42.6 Å². The van der Waals surface area contributed by atoms with E-state index in [0.717, 1.165) is 19.3 Å². The Balaban J connectivity index is 1.24. The Kier molecular flexibility index (Phi) is 8.67. The smallest absolute Gasteiger partial charge is 0.414 e. The topological polar surface area (TPSA) is 174 Å². The van der Waals surface area contributed by atoms with Crippen LogP contribution in [0.4, 0.5) is 19.7 Å². The first-order chi connectivity index (χ1) is 24.0. The quantitative estimate of drug-likeness (QED) is 0.191. The molecule has 0 spiro atoms. The zero-order valence-electron chi connectivity index (χ0n) is 29.8. The second kappa shape index (κ2) is 12.8. The summed E-state index contributed by atoms with van der Waals surface area (Å²) >= 11 is 0. The molecule has 272 valence electrons. The number of aromatic nitrogens is 5. The average Bonchev–Trinajstić information content (AvgIpc) is 3.71. The largest absolute Gasteiger partial charge is 0.460 e. The van der Waals surface area contributed by atoms with Gasteiger partial charge in [-0.3, -0.25) is 4.90 Å². The van der Waals surface area contributed by atoms with Gasteiger partial charge in [-0.15, -0.1) is 0 Å². The van der Waals surface area contributed by atoms with Crippen LogP contribution in [0.3, 0.4) is 0 Å². The number of nitrogens with one attached hydrogen (secondary N) is 2. The van der Waals surface area contributed by atoms with E-state index in [9.17, 15) is 14.7 Å². The van der Waals surface area contributed by atoms with Gasteiger partial charge < -0.3 is 34.4 Å². The number of aromatic amines is 1. The Bertz CT molecular complexity index is 1970. The molecule has 0 aliphatic heterocycles. The first-order valence-corrected chi connectivity index (χ1v) is 17.3. The van der Waals surface area contributed by atoms with E-state index in [1.807, 2.05) is 20.8 Å². The summed E-state index contributed by atoms with van der Waals surface area (Å²) < 4.78 is 38.3. The number of alkyl carbamates (subject to hydrolysis) is 1. The molecule has 3 N–H and O–H groups in total. The maximum absolute atomic E-state index is 15.4. The standard InChI is InChI=1S/C36H44FN7O7/c1-35(2,3)50-33(46)40-25-10-17-8-18(25)9-23(17)29-27-24-11-19(37)12-26(44(7)34(47)51-36(4,5)6)28(24)41-30(27)43-32(42-29)49-22-15-38-31(39-16-22)48-21-13-20(45)14-21/h11-12,15-18,20-21,23,25,45H,8-10,13-14H2,1-7H3,(H,40,46)(H,41,42,43)/t17-,18-,20?,21?,23?,25-/m0/s1. The Labute approximate surface area is 294 Å². The lowest BCUT2D eigenvalue weighted by Gasteiger charge is -2.30. The van der Waals surface area contributed by atoms with E-state index in [4.69, 9.17) is 28.9 Å². The zero-order valence-corrected chi connectivity index (χ0v) is 29.8. The van der Waals surface area contributed by atoms with Gasteiger partial charge in [-0.05, 0) is 84.8 Å². The third kappa shape index (κ3) is 7.34. The number of carbonyl (C=O) groups excluding carboxylic acids is 2. The number of hydrogen-bond acceptors (Lipinski definition) is 11. The van der Waals surface area contributed by atoms with E-state index < -0.39 is 29.2 Å². The number of anilines is 1. The van der Waals surface area contributed by atoms with Crippen LogP contribution in [-0.2, 0) is 9.47 Å². The normalized spacial score (nSPS) is 24.3. The van der Waals surface area contributed by atoms with Crippen LogP contribution in [0, 0.1) is 17.7 Å². The van der Waals surface area contributed by atoms with Gasteiger partial charge in [0.2, 0.25) is 0 Å². The fraction of sp³-hybridized carbons (Fsp3) is 0.556. The van der Waals surface area contributed by atoms with E-state index in [-0.39, 0.29) is 59.5 Å². The van der Waals surface area contributed by atoms with E-state index >= 15 is 4.39 Å². The molecule has 0 saturated heterocycles. The van der Waals surface area contributed by atoms with Gasteiger partial charge in [0.1, 0.15) is 28.8 Å². The number of nitrogens with zero attached hydrogens (tertiary/aromatic N) is 5. The first-order valence-electron chi connectivity index (χ1n) is 17.3. The number of halogens is 1. The third-order valence-corrected chi connectivity index (χ3v) is 9.61. The van der Waals surface area contributed by atoms with Crippen LogP contribution in [0.2, 0.25) is 0 Å². The molecule has 3 saturated carbocycles. The highest BCUT2D eigenvalue weighted by Gasteiger charge is 2.48. The lowest BCUT2D eigenvalue weighted by atomic mass is 9.82. The molecule has 14 nitrogen and oxygen atoms in total. The zero-order chi connectivity index (χ0) is 36.4. The number of fused-ring (bicyclic) bond motifs is 5. The summed E-state index contributed by atoms with van der Waals surface area (Å²) in [6.45, 7) is 10.8. The van der Waals surface area contributed by atoms with Crippen LogP contribution in [0.1, 0.15) is 85.3 Å². The number of carbonyl (C=O) groups is 2. The van der Waals surface area contributed by atoms with Crippen molar-refractivity contribution in [3.63, 3.8) is 0 Å². The minimum absolute atomic E-state index is 0.0373. The molecule has 2 bridgehead atoms. The number of H-pyrrole nitrogens is 1. The van der Waals surface area contributed by atoms with Gasteiger partial charge in [-0.2, -0.15) is 19.9 Å². The lowest BCUT2D eigenvalue weighted by Crippen LogP contribution is -2.42. The number of hydrogen-bond donors (Lipinski definition) is 3. The van der Waals surface area contributed by atoms with Crippen LogP contribution >= 0.6 is 0 Å². The summed E-state index contributed by atoms with van der Waals surface area (Å²) in [5, 5.41) is 13.8. The van der Waals surface area contributed by atoms with E-state index in [0.29, 0.717) is 40.5 Å². The highest BCUT2D eigenvalue weighted by Crippen LogP contribution is 2.54. The fourth-order valence-corrected chi connectivity index (χ4v) is 7.41. The highest BCUT2D eigenvalue weighted by molar-refractivity contribution is 6.13. The average molecular weight is 706 g/mol. The number of rotatable bonds is 7. The van der Waals surface area contributed by atoms with Crippen molar-refractivity contribution in [2.24, 2.45) is 11.8 Å². The van der Waals surface area contributed by atoms with Crippen molar-refractivity contribution < 1.29 is 38.0 Å². The molecule has 7 rings (SSSR count). The molecule has 0 radical (unpaired) electrons. The molecule has 4 aromatic rings. The summed E-state index contributed by atoms with van der Waals surface area (Å²) in [4.78, 5) is 48.4. The number of benzene rings is 1. The monoisotopic (exact) mass is 705 g/mol. The molecule has 3 aromatic heterocycles. The molecule has 1 unspecified atom stereocenters. The van der Waals surface area contributed by atoms with Crippen molar-refractivity contribution in [3.05, 3.63) is 36.0 Å². The van der Waals surface area contributed by atoms with Crippen LogP contribution in [-0.4, -0.2) is 78.7 Å². The molecule has 3 heterocycles. The molecule has 51 heavy (non-hydrogen) atoms. The summed E-state index contributed by atoms with van der Waals surface area (Å²) in [5.74, 6) is 0.0658. The molecule has 4 atom stereocenters. The molecule has 15 heteroatoms. The molecule has 1 aromatic carbocycles. The molecular weight excluding hydrogens is 661 g/mol. The lowest BCUT2D eigenvalue weighted by molar-refractivity contribution is -0.0151. The van der Waals surface area contributed by atoms with Gasteiger partial charge in [-0.25, -0.2) is 14.0 Å². The minimum atomic E-state index is -0.755. The van der Waals surface area contributed by atoms with Crippen molar-refractivity contribution >= 4 is 39.8 Å². The predicted molar refractivity (Wildman–Crippen MR) is 184 cm³/mol. The second-order valence-corrected chi connectivity index (χ2v) is 15.9.